The highest BCUT2D eigenvalue weighted by atomic mass is 32.2. The van der Waals surface area contributed by atoms with Crippen LogP contribution in [0.2, 0.25) is 0 Å². The first-order valence-corrected chi connectivity index (χ1v) is 8.82. The predicted octanol–water partition coefficient (Wildman–Crippen LogP) is 2.58. The van der Waals surface area contributed by atoms with Crippen LogP contribution in [0, 0.1) is 5.92 Å². The molecule has 0 radical (unpaired) electrons. The molecular formula is C16H20F3N3O2S. The van der Waals surface area contributed by atoms with Crippen molar-refractivity contribution in [2.45, 2.75) is 24.9 Å². The monoisotopic (exact) mass is 375 g/mol. The number of alkyl halides is 3. The van der Waals surface area contributed by atoms with Gasteiger partial charge in [-0.3, -0.25) is 14.5 Å². The number of carbonyl (C=O) groups is 2. The summed E-state index contributed by atoms with van der Waals surface area (Å²) in [5.74, 6) is -1.70. The van der Waals surface area contributed by atoms with E-state index in [9.17, 15) is 22.8 Å². The summed E-state index contributed by atoms with van der Waals surface area (Å²) in [6.45, 7) is 2.16. The number of nitrogens with zero attached hydrogens (tertiary/aromatic N) is 1. The van der Waals surface area contributed by atoms with Crippen LogP contribution in [0.3, 0.4) is 0 Å². The molecule has 0 saturated carbocycles. The SMILES string of the molecule is NC(=O)C1CCN(Cc2cccc(NC(=O)CSC(F)(F)F)c2)CC1. The lowest BCUT2D eigenvalue weighted by atomic mass is 9.96. The Hall–Kier alpha value is -1.74. The molecule has 0 aromatic heterocycles. The molecule has 1 aromatic carbocycles. The maximum absolute atomic E-state index is 12.1. The van der Waals surface area contributed by atoms with E-state index in [1.54, 1.807) is 18.2 Å². The van der Waals surface area contributed by atoms with Crippen LogP contribution in [0.1, 0.15) is 18.4 Å². The molecule has 1 aliphatic heterocycles. The fourth-order valence-electron chi connectivity index (χ4n) is 2.73. The number of hydrogen-bond acceptors (Lipinski definition) is 4. The molecule has 1 aromatic rings. The third-order valence-corrected chi connectivity index (χ3v) is 4.71. The van der Waals surface area contributed by atoms with Crippen LogP contribution in [0.25, 0.3) is 0 Å². The van der Waals surface area contributed by atoms with E-state index in [0.29, 0.717) is 12.2 Å². The summed E-state index contributed by atoms with van der Waals surface area (Å²) in [6.07, 6.45) is 1.45. The number of primary amides is 1. The van der Waals surface area contributed by atoms with Gasteiger partial charge in [-0.25, -0.2) is 0 Å². The van der Waals surface area contributed by atoms with Crippen LogP contribution in [0.5, 0.6) is 0 Å². The summed E-state index contributed by atoms with van der Waals surface area (Å²) < 4.78 is 36.3. The van der Waals surface area contributed by atoms with Crippen LogP contribution in [0.4, 0.5) is 18.9 Å². The van der Waals surface area contributed by atoms with Crippen LogP contribution in [-0.2, 0) is 16.1 Å². The van der Waals surface area contributed by atoms with E-state index in [1.807, 2.05) is 6.07 Å². The molecule has 3 N–H and O–H groups in total. The van der Waals surface area contributed by atoms with Gasteiger partial charge in [-0.05, 0) is 55.4 Å². The average molecular weight is 375 g/mol. The van der Waals surface area contributed by atoms with E-state index in [4.69, 9.17) is 5.73 Å². The number of nitrogens with two attached hydrogens (primary N) is 1. The third-order valence-electron chi connectivity index (χ3n) is 3.97. The second-order valence-corrected chi connectivity index (χ2v) is 6.98. The highest BCUT2D eigenvalue weighted by Crippen LogP contribution is 2.30. The first-order chi connectivity index (χ1) is 11.7. The summed E-state index contributed by atoms with van der Waals surface area (Å²) >= 11 is -0.362. The Bertz CT molecular complexity index is 617. The molecule has 0 bridgehead atoms. The van der Waals surface area contributed by atoms with E-state index in [-0.39, 0.29) is 23.6 Å². The summed E-state index contributed by atoms with van der Waals surface area (Å²) in [5, 5.41) is 2.47. The minimum absolute atomic E-state index is 0.0759. The lowest BCUT2D eigenvalue weighted by molar-refractivity contribution is -0.123. The maximum atomic E-state index is 12.1. The molecule has 138 valence electrons. The molecule has 5 nitrogen and oxygen atoms in total. The fourth-order valence-corrected chi connectivity index (χ4v) is 3.09. The Morgan fingerprint density at radius 1 is 1.28 bits per heavy atom. The van der Waals surface area contributed by atoms with Crippen molar-refractivity contribution in [1.29, 1.82) is 0 Å². The number of thioether (sulfide) groups is 1. The Balaban J connectivity index is 1.85. The van der Waals surface area contributed by atoms with Gasteiger partial charge in [-0.15, -0.1) is 0 Å². The van der Waals surface area contributed by atoms with Gasteiger partial charge >= 0.3 is 5.51 Å². The fraction of sp³-hybridized carbons (Fsp3) is 0.500. The number of nitrogens with one attached hydrogen (secondary N) is 1. The molecule has 0 aliphatic carbocycles. The Kier molecular flexibility index (Phi) is 6.71. The summed E-state index contributed by atoms with van der Waals surface area (Å²) in [6, 6.07) is 7.02. The van der Waals surface area contributed by atoms with Crippen molar-refractivity contribution in [3.8, 4) is 0 Å². The molecule has 0 atom stereocenters. The van der Waals surface area contributed by atoms with Gasteiger partial charge in [0.2, 0.25) is 11.8 Å². The molecule has 25 heavy (non-hydrogen) atoms. The van der Waals surface area contributed by atoms with E-state index >= 15 is 0 Å². The first kappa shape index (κ1) is 19.6. The van der Waals surface area contributed by atoms with Gasteiger partial charge in [-0.1, -0.05) is 12.1 Å². The van der Waals surface area contributed by atoms with Crippen molar-refractivity contribution in [2.24, 2.45) is 11.7 Å². The van der Waals surface area contributed by atoms with Gasteiger partial charge in [0.05, 0.1) is 5.75 Å². The second-order valence-electron chi connectivity index (χ2n) is 5.94. The molecule has 0 spiro atoms. The molecule has 2 rings (SSSR count). The normalized spacial score (nSPS) is 16.6. The van der Waals surface area contributed by atoms with Crippen molar-refractivity contribution >= 4 is 29.3 Å². The summed E-state index contributed by atoms with van der Waals surface area (Å²) in [7, 11) is 0. The predicted molar refractivity (Wildman–Crippen MR) is 90.8 cm³/mol. The van der Waals surface area contributed by atoms with E-state index in [2.05, 4.69) is 10.2 Å². The molecule has 2 amide bonds. The quantitative estimate of drug-likeness (QED) is 0.801. The third kappa shape index (κ3) is 6.95. The molecule has 9 heteroatoms. The number of benzene rings is 1. The number of halogens is 3. The lowest BCUT2D eigenvalue weighted by Gasteiger charge is -2.30. The second kappa shape index (κ2) is 8.57. The molecule has 0 unspecified atom stereocenters. The number of piperidine rings is 1. The number of rotatable bonds is 6. The van der Waals surface area contributed by atoms with Crippen molar-refractivity contribution in [1.82, 2.24) is 4.90 Å². The van der Waals surface area contributed by atoms with Crippen molar-refractivity contribution < 1.29 is 22.8 Å². The zero-order valence-electron chi connectivity index (χ0n) is 13.5. The molecule has 1 fully saturated rings. The molecule has 1 saturated heterocycles. The molecule has 1 heterocycles. The van der Waals surface area contributed by atoms with Crippen LogP contribution in [0.15, 0.2) is 24.3 Å². The number of anilines is 1. The van der Waals surface area contributed by atoms with Crippen molar-refractivity contribution in [2.75, 3.05) is 24.2 Å². The highest BCUT2D eigenvalue weighted by Gasteiger charge is 2.29. The van der Waals surface area contributed by atoms with Gasteiger partial charge in [0, 0.05) is 18.2 Å². The highest BCUT2D eigenvalue weighted by molar-refractivity contribution is 8.00. The van der Waals surface area contributed by atoms with E-state index in [0.717, 1.165) is 31.5 Å². The van der Waals surface area contributed by atoms with Gasteiger partial charge in [0.15, 0.2) is 0 Å². The Labute approximate surface area is 148 Å². The number of amides is 2. The molecular weight excluding hydrogens is 355 g/mol. The van der Waals surface area contributed by atoms with Crippen molar-refractivity contribution in [3.05, 3.63) is 29.8 Å². The Morgan fingerprint density at radius 2 is 1.96 bits per heavy atom. The zero-order chi connectivity index (χ0) is 18.4. The smallest absolute Gasteiger partial charge is 0.369 e. The lowest BCUT2D eigenvalue weighted by Crippen LogP contribution is -2.38. The minimum atomic E-state index is -4.42. The number of carbonyl (C=O) groups excluding carboxylic acids is 2. The zero-order valence-corrected chi connectivity index (χ0v) is 14.3. The summed E-state index contributed by atoms with van der Waals surface area (Å²) in [5.41, 5.74) is 2.31. The topological polar surface area (TPSA) is 75.4 Å². The number of hydrogen-bond donors (Lipinski definition) is 2. The average Bonchev–Trinajstić information content (AvgIpc) is 2.53. The van der Waals surface area contributed by atoms with Crippen molar-refractivity contribution in [3.63, 3.8) is 0 Å². The summed E-state index contributed by atoms with van der Waals surface area (Å²) in [4.78, 5) is 24.9. The Morgan fingerprint density at radius 3 is 2.56 bits per heavy atom. The largest absolute Gasteiger partial charge is 0.442 e. The maximum Gasteiger partial charge on any atom is 0.442 e. The van der Waals surface area contributed by atoms with Gasteiger partial charge in [-0.2, -0.15) is 13.2 Å². The van der Waals surface area contributed by atoms with Gasteiger partial charge in [0.1, 0.15) is 0 Å². The van der Waals surface area contributed by atoms with Crippen LogP contribution in [-0.4, -0.2) is 41.1 Å². The van der Waals surface area contributed by atoms with E-state index in [1.165, 1.54) is 0 Å². The molecule has 1 aliphatic rings. The number of likely N-dealkylation sites (tertiary alicyclic amines) is 1. The van der Waals surface area contributed by atoms with Gasteiger partial charge in [0.25, 0.3) is 0 Å². The van der Waals surface area contributed by atoms with Crippen LogP contribution >= 0.6 is 11.8 Å². The van der Waals surface area contributed by atoms with E-state index < -0.39 is 17.2 Å². The van der Waals surface area contributed by atoms with Gasteiger partial charge < -0.3 is 11.1 Å². The van der Waals surface area contributed by atoms with Crippen LogP contribution < -0.4 is 11.1 Å². The minimum Gasteiger partial charge on any atom is -0.369 e. The standard InChI is InChI=1S/C16H20F3N3O2S/c17-16(18,19)25-10-14(23)21-13-3-1-2-11(8-13)9-22-6-4-12(5-7-22)15(20)24/h1-3,8,12H,4-7,9-10H2,(H2,20,24)(H,21,23). The first-order valence-electron chi connectivity index (χ1n) is 7.84.